The number of aliphatic imine (C=N–C) groups is 1. The number of guanidine groups is 1. The zero-order valence-corrected chi connectivity index (χ0v) is 17.8. The first kappa shape index (κ1) is 22.3. The van der Waals surface area contributed by atoms with E-state index in [1.165, 1.54) is 5.56 Å². The van der Waals surface area contributed by atoms with Gasteiger partial charge in [0.1, 0.15) is 12.4 Å². The lowest BCUT2D eigenvalue weighted by molar-refractivity contribution is -0.121. The van der Waals surface area contributed by atoms with Crippen molar-refractivity contribution < 1.29 is 9.53 Å². The maximum absolute atomic E-state index is 11.9. The van der Waals surface area contributed by atoms with Gasteiger partial charge in [0, 0.05) is 19.1 Å². The van der Waals surface area contributed by atoms with Crippen LogP contribution < -0.4 is 20.7 Å². The van der Waals surface area contributed by atoms with Gasteiger partial charge in [-0.05, 0) is 50.5 Å². The van der Waals surface area contributed by atoms with Gasteiger partial charge < -0.3 is 20.7 Å². The molecule has 0 aliphatic carbocycles. The van der Waals surface area contributed by atoms with Gasteiger partial charge in [-0.25, -0.2) is 0 Å². The molecule has 29 heavy (non-hydrogen) atoms. The van der Waals surface area contributed by atoms with Gasteiger partial charge in [0.2, 0.25) is 5.91 Å². The predicted octanol–water partition coefficient (Wildman–Crippen LogP) is 2.89. The molecule has 2 rings (SSSR count). The molecule has 0 saturated heterocycles. The Morgan fingerprint density at radius 3 is 2.28 bits per heavy atom. The molecular weight excluding hydrogens is 364 g/mol. The number of ether oxygens (including phenoxy) is 1. The summed E-state index contributed by atoms with van der Waals surface area (Å²) in [5.41, 5.74) is 2.11. The second-order valence-corrected chi connectivity index (χ2v) is 7.82. The molecular formula is C23H32N4O2. The van der Waals surface area contributed by atoms with Crippen molar-refractivity contribution in [3.8, 4) is 5.75 Å². The molecule has 3 N–H and O–H groups in total. The summed E-state index contributed by atoms with van der Waals surface area (Å²) >= 11 is 0. The first-order valence-corrected chi connectivity index (χ1v) is 9.87. The van der Waals surface area contributed by atoms with Crippen LogP contribution in [0.5, 0.6) is 5.75 Å². The van der Waals surface area contributed by atoms with Crippen LogP contribution in [0.4, 0.5) is 0 Å². The molecule has 6 heteroatoms. The van der Waals surface area contributed by atoms with E-state index in [1.807, 2.05) is 63.2 Å². The number of amides is 1. The first-order valence-electron chi connectivity index (χ1n) is 9.87. The second kappa shape index (κ2) is 11.1. The van der Waals surface area contributed by atoms with Crippen molar-refractivity contribution in [3.63, 3.8) is 0 Å². The zero-order chi connectivity index (χ0) is 21.1. The maximum atomic E-state index is 11.9. The Morgan fingerprint density at radius 1 is 0.966 bits per heavy atom. The van der Waals surface area contributed by atoms with Gasteiger partial charge in [0.25, 0.3) is 0 Å². The van der Waals surface area contributed by atoms with E-state index in [1.54, 1.807) is 7.05 Å². The van der Waals surface area contributed by atoms with Gasteiger partial charge >= 0.3 is 0 Å². The Labute approximate surface area is 173 Å². The molecule has 0 heterocycles. The highest BCUT2D eigenvalue weighted by Crippen LogP contribution is 2.14. The van der Waals surface area contributed by atoms with Crippen LogP contribution in [0.3, 0.4) is 0 Å². The fourth-order valence-corrected chi connectivity index (χ4v) is 2.67. The summed E-state index contributed by atoms with van der Waals surface area (Å²) in [6.07, 6.45) is 0.841. The first-order chi connectivity index (χ1) is 13.9. The molecule has 1 amide bonds. The Kier molecular flexibility index (Phi) is 8.52. The van der Waals surface area contributed by atoms with Gasteiger partial charge in [0.15, 0.2) is 5.96 Å². The second-order valence-electron chi connectivity index (χ2n) is 7.82. The quantitative estimate of drug-likeness (QED) is 0.474. The van der Waals surface area contributed by atoms with Crippen LogP contribution in [0.25, 0.3) is 0 Å². The van der Waals surface area contributed by atoms with Crippen molar-refractivity contribution in [3.05, 3.63) is 65.7 Å². The minimum atomic E-state index is -0.243. The van der Waals surface area contributed by atoms with E-state index < -0.39 is 0 Å². The molecule has 0 bridgehead atoms. The third kappa shape index (κ3) is 9.14. The molecule has 6 nitrogen and oxygen atoms in total. The van der Waals surface area contributed by atoms with E-state index >= 15 is 0 Å². The summed E-state index contributed by atoms with van der Waals surface area (Å²) in [7, 11) is 1.69. The third-order valence-corrected chi connectivity index (χ3v) is 4.03. The van der Waals surface area contributed by atoms with Crippen molar-refractivity contribution in [2.24, 2.45) is 4.99 Å². The van der Waals surface area contributed by atoms with Crippen molar-refractivity contribution in [2.75, 3.05) is 20.1 Å². The number of hydrogen-bond donors (Lipinski definition) is 3. The fourth-order valence-electron chi connectivity index (χ4n) is 2.67. The number of benzene rings is 2. The van der Waals surface area contributed by atoms with E-state index in [2.05, 4.69) is 33.1 Å². The Morgan fingerprint density at radius 2 is 1.66 bits per heavy atom. The average Bonchev–Trinajstić information content (AvgIpc) is 2.69. The van der Waals surface area contributed by atoms with E-state index in [0.717, 1.165) is 17.7 Å². The van der Waals surface area contributed by atoms with E-state index in [9.17, 15) is 4.79 Å². The van der Waals surface area contributed by atoms with Gasteiger partial charge in [-0.15, -0.1) is 0 Å². The lowest BCUT2D eigenvalue weighted by atomic mass is 10.1. The Hall–Kier alpha value is -3.02. The highest BCUT2D eigenvalue weighted by molar-refractivity contribution is 5.86. The van der Waals surface area contributed by atoms with Crippen LogP contribution in [0.1, 0.15) is 31.9 Å². The molecule has 0 spiro atoms. The summed E-state index contributed by atoms with van der Waals surface area (Å²) < 4.78 is 5.81. The Balaban J connectivity index is 1.70. The molecule has 0 atom stereocenters. The lowest BCUT2D eigenvalue weighted by Gasteiger charge is -2.21. The molecule has 156 valence electrons. The van der Waals surface area contributed by atoms with Crippen LogP contribution in [-0.4, -0.2) is 37.5 Å². The Bertz CT molecular complexity index is 781. The van der Waals surface area contributed by atoms with Crippen LogP contribution in [-0.2, 0) is 17.8 Å². The number of nitrogens with zero attached hydrogens (tertiary/aromatic N) is 1. The molecule has 0 radical (unpaired) electrons. The lowest BCUT2D eigenvalue weighted by Crippen LogP contribution is -2.48. The number of carbonyl (C=O) groups excluding carboxylic acids is 1. The van der Waals surface area contributed by atoms with Crippen LogP contribution in [0.2, 0.25) is 0 Å². The third-order valence-electron chi connectivity index (χ3n) is 4.03. The SMILES string of the molecule is CN=C(NCCc1ccc(OCc2ccccc2)cc1)NCC(=O)NC(C)(C)C. The normalized spacial score (nSPS) is 11.7. The highest BCUT2D eigenvalue weighted by atomic mass is 16.5. The number of nitrogens with one attached hydrogen (secondary N) is 3. The maximum Gasteiger partial charge on any atom is 0.239 e. The molecule has 0 unspecified atom stereocenters. The monoisotopic (exact) mass is 396 g/mol. The van der Waals surface area contributed by atoms with Crippen molar-refractivity contribution in [1.82, 2.24) is 16.0 Å². The van der Waals surface area contributed by atoms with Crippen LogP contribution >= 0.6 is 0 Å². The minimum absolute atomic E-state index is 0.0634. The molecule has 2 aromatic carbocycles. The van der Waals surface area contributed by atoms with Crippen LogP contribution in [0.15, 0.2) is 59.6 Å². The molecule has 0 saturated carbocycles. The molecule has 0 aliphatic rings. The van der Waals surface area contributed by atoms with Gasteiger partial charge in [0.05, 0.1) is 6.54 Å². The van der Waals surface area contributed by atoms with E-state index in [-0.39, 0.29) is 18.0 Å². The van der Waals surface area contributed by atoms with Crippen molar-refractivity contribution in [2.45, 2.75) is 39.3 Å². The largest absolute Gasteiger partial charge is 0.489 e. The summed E-state index contributed by atoms with van der Waals surface area (Å²) in [6.45, 7) is 7.32. The number of rotatable bonds is 8. The summed E-state index contributed by atoms with van der Waals surface area (Å²) in [6, 6.07) is 18.2. The zero-order valence-electron chi connectivity index (χ0n) is 17.8. The molecule has 2 aromatic rings. The van der Waals surface area contributed by atoms with Gasteiger partial charge in [-0.3, -0.25) is 9.79 Å². The van der Waals surface area contributed by atoms with E-state index in [0.29, 0.717) is 19.1 Å². The smallest absolute Gasteiger partial charge is 0.239 e. The van der Waals surface area contributed by atoms with Gasteiger partial charge in [-0.2, -0.15) is 0 Å². The summed E-state index contributed by atoms with van der Waals surface area (Å²) in [5.74, 6) is 1.40. The fraction of sp³-hybridized carbons (Fsp3) is 0.391. The average molecular weight is 397 g/mol. The topological polar surface area (TPSA) is 74.8 Å². The number of carbonyl (C=O) groups is 1. The minimum Gasteiger partial charge on any atom is -0.489 e. The van der Waals surface area contributed by atoms with Crippen molar-refractivity contribution in [1.29, 1.82) is 0 Å². The number of hydrogen-bond acceptors (Lipinski definition) is 3. The summed E-state index contributed by atoms with van der Waals surface area (Å²) in [4.78, 5) is 16.0. The van der Waals surface area contributed by atoms with Crippen molar-refractivity contribution >= 4 is 11.9 Å². The highest BCUT2D eigenvalue weighted by Gasteiger charge is 2.13. The predicted molar refractivity (Wildman–Crippen MR) is 118 cm³/mol. The van der Waals surface area contributed by atoms with Gasteiger partial charge in [-0.1, -0.05) is 42.5 Å². The molecule has 0 aliphatic heterocycles. The van der Waals surface area contributed by atoms with E-state index in [4.69, 9.17) is 4.74 Å². The molecule has 0 aromatic heterocycles. The van der Waals surface area contributed by atoms with Crippen LogP contribution in [0, 0.1) is 0 Å². The standard InChI is InChI=1S/C23H32N4O2/c1-23(2,3)27-21(28)16-26-22(24-4)25-15-14-18-10-12-20(13-11-18)29-17-19-8-6-5-7-9-19/h5-13H,14-17H2,1-4H3,(H,27,28)(H2,24,25,26). The summed E-state index contributed by atoms with van der Waals surface area (Å²) in [5, 5.41) is 9.16. The molecule has 0 fully saturated rings.